The molecule has 2 aromatic rings. The van der Waals surface area contributed by atoms with Crippen LogP contribution >= 0.6 is 0 Å². The van der Waals surface area contributed by atoms with Crippen LogP contribution < -0.4 is 10.5 Å². The Balaban J connectivity index is 1.59. The van der Waals surface area contributed by atoms with Crippen LogP contribution in [0.4, 0.5) is 10.5 Å². The molecular formula is C20H26N2O4. The lowest BCUT2D eigenvalue weighted by molar-refractivity contribution is 0.0888. The Labute approximate surface area is 153 Å². The Morgan fingerprint density at radius 2 is 2.00 bits per heavy atom. The molecule has 2 N–H and O–H groups in total. The Morgan fingerprint density at radius 3 is 2.77 bits per heavy atom. The average Bonchev–Trinajstić information content (AvgIpc) is 2.80. The van der Waals surface area contributed by atoms with E-state index in [0.717, 1.165) is 56.6 Å². The summed E-state index contributed by atoms with van der Waals surface area (Å²) in [4.78, 5) is 14.1. The highest BCUT2D eigenvalue weighted by Crippen LogP contribution is 2.34. The molecule has 1 aliphatic rings. The van der Waals surface area contributed by atoms with E-state index < -0.39 is 6.16 Å². The van der Waals surface area contributed by atoms with Gasteiger partial charge in [-0.1, -0.05) is 43.7 Å². The third-order valence-electron chi connectivity index (χ3n) is 4.57. The third-order valence-corrected chi connectivity index (χ3v) is 4.57. The Bertz CT molecular complexity index is 727. The maximum absolute atomic E-state index is 11.7. The van der Waals surface area contributed by atoms with Crippen LogP contribution in [0.15, 0.2) is 34.7 Å². The van der Waals surface area contributed by atoms with Gasteiger partial charge in [0.25, 0.3) is 0 Å². The number of carbonyl (C=O) groups excluding carboxylic acids is 1. The van der Waals surface area contributed by atoms with Crippen molar-refractivity contribution in [2.75, 3.05) is 25.4 Å². The summed E-state index contributed by atoms with van der Waals surface area (Å²) in [6, 6.07) is 10.4. The van der Waals surface area contributed by atoms with Gasteiger partial charge in [0.1, 0.15) is 11.4 Å². The van der Waals surface area contributed by atoms with Gasteiger partial charge in [-0.25, -0.2) is 4.79 Å². The second-order valence-corrected chi connectivity index (χ2v) is 6.52. The number of furan rings is 1. The molecule has 0 atom stereocenters. The summed E-state index contributed by atoms with van der Waals surface area (Å²) in [5.41, 5.74) is 8.79. The number of anilines is 1. The molecule has 0 fully saturated rings. The summed E-state index contributed by atoms with van der Waals surface area (Å²) in [6.07, 6.45) is 2.49. The fourth-order valence-electron chi connectivity index (χ4n) is 3.10. The van der Waals surface area contributed by atoms with Crippen LogP contribution in [0.5, 0.6) is 5.95 Å². The van der Waals surface area contributed by atoms with E-state index in [1.807, 2.05) is 13.0 Å². The van der Waals surface area contributed by atoms with E-state index in [-0.39, 0.29) is 5.95 Å². The lowest BCUT2D eigenvalue weighted by Gasteiger charge is -2.19. The van der Waals surface area contributed by atoms with Crippen molar-refractivity contribution >= 4 is 11.8 Å². The van der Waals surface area contributed by atoms with E-state index in [0.29, 0.717) is 12.3 Å². The van der Waals surface area contributed by atoms with Gasteiger partial charge in [-0.3, -0.25) is 4.90 Å². The largest absolute Gasteiger partial charge is 0.516 e. The predicted octanol–water partition coefficient (Wildman–Crippen LogP) is 3.78. The number of carbonyl (C=O) groups is 1. The molecule has 0 saturated carbocycles. The van der Waals surface area contributed by atoms with Gasteiger partial charge in [0, 0.05) is 31.6 Å². The number of hydrogen-bond acceptors (Lipinski definition) is 6. The summed E-state index contributed by atoms with van der Waals surface area (Å²) in [6.45, 7) is 5.01. The van der Waals surface area contributed by atoms with Crippen molar-refractivity contribution in [2.24, 2.45) is 0 Å². The van der Waals surface area contributed by atoms with Crippen molar-refractivity contribution in [1.29, 1.82) is 0 Å². The molecule has 0 aliphatic carbocycles. The molecule has 1 aliphatic heterocycles. The molecule has 1 aromatic heterocycles. The molecule has 0 saturated heterocycles. The molecule has 6 heteroatoms. The lowest BCUT2D eigenvalue weighted by atomic mass is 10.1. The molecule has 3 rings (SSSR count). The minimum absolute atomic E-state index is 0.0630. The fourth-order valence-corrected chi connectivity index (χ4v) is 3.10. The van der Waals surface area contributed by atoms with Gasteiger partial charge < -0.3 is 19.6 Å². The quantitative estimate of drug-likeness (QED) is 0.625. The van der Waals surface area contributed by atoms with Crippen LogP contribution in [-0.4, -0.2) is 30.8 Å². The van der Waals surface area contributed by atoms with Gasteiger partial charge in [-0.05, 0) is 18.4 Å². The number of ether oxygens (including phenoxy) is 2. The summed E-state index contributed by atoms with van der Waals surface area (Å²) in [7, 11) is 0. The van der Waals surface area contributed by atoms with Crippen LogP contribution in [0.1, 0.15) is 36.7 Å². The first kappa shape index (κ1) is 18.3. The van der Waals surface area contributed by atoms with Crippen LogP contribution in [0, 0.1) is 0 Å². The number of hydrogen-bond donors (Lipinski definition) is 1. The van der Waals surface area contributed by atoms with E-state index in [1.165, 1.54) is 5.56 Å². The molecular weight excluding hydrogens is 332 g/mol. The Kier molecular flexibility index (Phi) is 6.17. The number of nitrogen functional groups attached to an aromatic ring is 1. The number of rotatable bonds is 6. The van der Waals surface area contributed by atoms with Crippen molar-refractivity contribution in [1.82, 2.24) is 4.90 Å². The topological polar surface area (TPSA) is 77.9 Å². The Hall–Kier alpha value is -2.47. The molecule has 2 heterocycles. The first-order valence-electron chi connectivity index (χ1n) is 9.18. The van der Waals surface area contributed by atoms with Crippen LogP contribution in [0.25, 0.3) is 0 Å². The lowest BCUT2D eigenvalue weighted by Crippen LogP contribution is -2.26. The van der Waals surface area contributed by atoms with Crippen molar-refractivity contribution < 1.29 is 18.7 Å². The van der Waals surface area contributed by atoms with Crippen molar-refractivity contribution in [3.8, 4) is 5.95 Å². The molecule has 0 amide bonds. The summed E-state index contributed by atoms with van der Waals surface area (Å²) < 4.78 is 15.9. The standard InChI is InChI=1S/C20H26N2O4/c1-2-3-13-24-20(23)26-19-18(21)16-9-11-22(12-10-17(16)25-19)14-15-7-5-4-6-8-15/h4-8H,2-3,9-14,21H2,1H3. The van der Waals surface area contributed by atoms with E-state index in [4.69, 9.17) is 19.6 Å². The highest BCUT2D eigenvalue weighted by atomic mass is 16.8. The van der Waals surface area contributed by atoms with Crippen molar-refractivity contribution in [3.05, 3.63) is 47.2 Å². The zero-order valence-corrected chi connectivity index (χ0v) is 15.2. The van der Waals surface area contributed by atoms with Crippen molar-refractivity contribution in [3.63, 3.8) is 0 Å². The first-order valence-corrected chi connectivity index (χ1v) is 9.18. The molecule has 1 aromatic carbocycles. The van der Waals surface area contributed by atoms with E-state index in [9.17, 15) is 4.79 Å². The number of fused-ring (bicyclic) bond motifs is 1. The van der Waals surface area contributed by atoms with Crippen molar-refractivity contribution in [2.45, 2.75) is 39.2 Å². The van der Waals surface area contributed by atoms with Gasteiger partial charge >= 0.3 is 12.1 Å². The molecule has 140 valence electrons. The predicted molar refractivity (Wildman–Crippen MR) is 99.1 cm³/mol. The number of benzene rings is 1. The number of nitrogens with two attached hydrogens (primary N) is 1. The van der Waals surface area contributed by atoms with Crippen LogP contribution in [0.3, 0.4) is 0 Å². The van der Waals surface area contributed by atoms with Crippen LogP contribution in [-0.2, 0) is 24.1 Å². The maximum Gasteiger partial charge on any atom is 0.516 e. The van der Waals surface area contributed by atoms with Gasteiger partial charge in [0.2, 0.25) is 0 Å². The molecule has 0 radical (unpaired) electrons. The van der Waals surface area contributed by atoms with Gasteiger partial charge in [0.15, 0.2) is 0 Å². The number of nitrogens with zero attached hydrogens (tertiary/aromatic N) is 1. The molecule has 6 nitrogen and oxygen atoms in total. The monoisotopic (exact) mass is 358 g/mol. The minimum atomic E-state index is -0.764. The van der Waals surface area contributed by atoms with Gasteiger partial charge in [-0.2, -0.15) is 0 Å². The summed E-state index contributed by atoms with van der Waals surface area (Å²) in [5.74, 6) is 0.863. The van der Waals surface area contributed by atoms with Gasteiger partial charge in [0.05, 0.1) is 6.61 Å². The second-order valence-electron chi connectivity index (χ2n) is 6.52. The Morgan fingerprint density at radius 1 is 1.23 bits per heavy atom. The highest BCUT2D eigenvalue weighted by Gasteiger charge is 2.25. The molecule has 0 spiro atoms. The molecule has 0 bridgehead atoms. The smallest absolute Gasteiger partial charge is 0.434 e. The van der Waals surface area contributed by atoms with Crippen LogP contribution in [0.2, 0.25) is 0 Å². The third kappa shape index (κ3) is 4.58. The molecule has 26 heavy (non-hydrogen) atoms. The van der Waals surface area contributed by atoms with E-state index in [1.54, 1.807) is 0 Å². The fraction of sp³-hybridized carbons (Fsp3) is 0.450. The first-order chi connectivity index (χ1) is 12.7. The highest BCUT2D eigenvalue weighted by molar-refractivity contribution is 5.67. The van der Waals surface area contributed by atoms with Gasteiger partial charge in [-0.15, -0.1) is 0 Å². The second kappa shape index (κ2) is 8.76. The zero-order chi connectivity index (χ0) is 18.4. The molecule has 0 unspecified atom stereocenters. The average molecular weight is 358 g/mol. The summed E-state index contributed by atoms with van der Waals surface area (Å²) >= 11 is 0. The maximum atomic E-state index is 11.7. The zero-order valence-electron chi connectivity index (χ0n) is 15.2. The number of unbranched alkanes of at least 4 members (excludes halogenated alkanes) is 1. The normalized spacial score (nSPS) is 14.5. The minimum Gasteiger partial charge on any atom is -0.434 e. The summed E-state index contributed by atoms with van der Waals surface area (Å²) in [5, 5.41) is 0. The van der Waals surface area contributed by atoms with E-state index >= 15 is 0 Å². The van der Waals surface area contributed by atoms with E-state index in [2.05, 4.69) is 29.2 Å². The SMILES string of the molecule is CCCCOC(=O)Oc1oc2c(c1N)CCN(Cc1ccccc1)CC2.